The molecule has 1 heterocycles. The number of rotatable bonds is 3. The number of thiocarbonyl (C=S) groups is 1. The van der Waals surface area contributed by atoms with Crippen LogP contribution in [0.2, 0.25) is 0 Å². The van der Waals surface area contributed by atoms with E-state index in [-0.39, 0.29) is 4.99 Å². The van der Waals surface area contributed by atoms with Crippen molar-refractivity contribution in [2.24, 2.45) is 5.73 Å². The minimum atomic E-state index is -4.39. The van der Waals surface area contributed by atoms with E-state index in [0.717, 1.165) is 18.0 Å². The van der Waals surface area contributed by atoms with Crippen molar-refractivity contribution in [1.29, 1.82) is 0 Å². The van der Waals surface area contributed by atoms with Gasteiger partial charge in [-0.1, -0.05) is 24.4 Å². The number of hydrogen-bond acceptors (Lipinski definition) is 3. The number of hydrogen-bond donors (Lipinski definition) is 1. The number of benzene rings is 1. The van der Waals surface area contributed by atoms with Gasteiger partial charge in [0, 0.05) is 24.5 Å². The Kier molecular flexibility index (Phi) is 4.13. The van der Waals surface area contributed by atoms with Crippen LogP contribution < -0.4 is 10.6 Å². The van der Waals surface area contributed by atoms with E-state index in [2.05, 4.69) is 4.98 Å². The summed E-state index contributed by atoms with van der Waals surface area (Å²) in [4.78, 5) is 5.75. The summed E-state index contributed by atoms with van der Waals surface area (Å²) in [6.07, 6.45) is -3.58. The molecule has 0 aliphatic carbocycles. The summed E-state index contributed by atoms with van der Waals surface area (Å²) >= 11 is 4.90. The van der Waals surface area contributed by atoms with Gasteiger partial charge in [-0.25, -0.2) is 4.98 Å². The number of nitrogens with two attached hydrogens (primary N) is 1. The second-order valence-corrected chi connectivity index (χ2v) is 4.82. The fourth-order valence-corrected chi connectivity index (χ4v) is 1.88. The zero-order valence-corrected chi connectivity index (χ0v) is 11.9. The number of aromatic nitrogens is 1. The molecule has 0 saturated carbocycles. The quantitative estimate of drug-likeness (QED) is 0.881. The number of alkyl halides is 3. The van der Waals surface area contributed by atoms with Gasteiger partial charge in [-0.2, -0.15) is 13.2 Å². The molecule has 0 aliphatic heterocycles. The van der Waals surface area contributed by atoms with Gasteiger partial charge in [0.05, 0.1) is 5.56 Å². The molecule has 1 aromatic heterocycles. The molecule has 0 unspecified atom stereocenters. The van der Waals surface area contributed by atoms with Crippen LogP contribution in [0.4, 0.5) is 24.7 Å². The first-order valence-electron chi connectivity index (χ1n) is 5.96. The second kappa shape index (κ2) is 5.69. The van der Waals surface area contributed by atoms with Crippen molar-refractivity contribution in [2.75, 3.05) is 11.9 Å². The maximum absolute atomic E-state index is 12.5. The smallest absolute Gasteiger partial charge is 0.389 e. The minimum absolute atomic E-state index is 0.255. The molecule has 21 heavy (non-hydrogen) atoms. The van der Waals surface area contributed by atoms with E-state index in [1.165, 1.54) is 6.07 Å². The van der Waals surface area contributed by atoms with Crippen molar-refractivity contribution >= 4 is 28.7 Å². The molecule has 7 heteroatoms. The molecule has 0 aliphatic rings. The molecule has 2 aromatic rings. The summed E-state index contributed by atoms with van der Waals surface area (Å²) < 4.78 is 37.5. The first kappa shape index (κ1) is 15.2. The average molecular weight is 311 g/mol. The van der Waals surface area contributed by atoms with Crippen molar-refractivity contribution < 1.29 is 13.2 Å². The predicted octanol–water partition coefficient (Wildman–Crippen LogP) is 3.50. The van der Waals surface area contributed by atoms with Gasteiger partial charge in [0.15, 0.2) is 0 Å². The van der Waals surface area contributed by atoms with Crippen LogP contribution in [0.3, 0.4) is 0 Å². The van der Waals surface area contributed by atoms with Crippen LogP contribution in [0.15, 0.2) is 42.6 Å². The van der Waals surface area contributed by atoms with E-state index in [1.54, 1.807) is 36.2 Å². The molecule has 1 aromatic carbocycles. The summed E-state index contributed by atoms with van der Waals surface area (Å²) in [5.74, 6) is 0.392. The molecule has 3 nitrogen and oxygen atoms in total. The van der Waals surface area contributed by atoms with Gasteiger partial charge < -0.3 is 10.6 Å². The van der Waals surface area contributed by atoms with Crippen LogP contribution in [0, 0.1) is 0 Å². The Hall–Kier alpha value is -2.15. The molecule has 2 N–H and O–H groups in total. The summed E-state index contributed by atoms with van der Waals surface area (Å²) in [5.41, 5.74) is 6.19. The normalized spacial score (nSPS) is 11.2. The highest BCUT2D eigenvalue weighted by molar-refractivity contribution is 7.80. The Morgan fingerprint density at radius 2 is 1.95 bits per heavy atom. The minimum Gasteiger partial charge on any atom is -0.389 e. The average Bonchev–Trinajstić information content (AvgIpc) is 2.46. The molecular weight excluding hydrogens is 299 g/mol. The van der Waals surface area contributed by atoms with Crippen molar-refractivity contribution in [3.63, 3.8) is 0 Å². The third-order valence-electron chi connectivity index (χ3n) is 2.94. The standard InChI is InChI=1S/C14H12F3N3S/c1-20(11-4-2-3-9(7-11)13(18)21)12-6-5-10(8-19-12)14(15,16)17/h2-8H,1H3,(H2,18,21). The third kappa shape index (κ3) is 3.49. The van der Waals surface area contributed by atoms with Crippen molar-refractivity contribution in [3.05, 3.63) is 53.7 Å². The van der Waals surface area contributed by atoms with Gasteiger partial charge in [-0.05, 0) is 24.3 Å². The van der Waals surface area contributed by atoms with Gasteiger partial charge in [-0.3, -0.25) is 0 Å². The summed E-state index contributed by atoms with van der Waals surface area (Å²) in [6, 6.07) is 9.39. The predicted molar refractivity (Wildman–Crippen MR) is 79.6 cm³/mol. The van der Waals surface area contributed by atoms with Gasteiger partial charge in [-0.15, -0.1) is 0 Å². The molecule has 0 radical (unpaired) electrons. The number of nitrogens with zero attached hydrogens (tertiary/aromatic N) is 2. The largest absolute Gasteiger partial charge is 0.417 e. The van der Waals surface area contributed by atoms with E-state index in [9.17, 15) is 13.2 Å². The number of halogens is 3. The maximum Gasteiger partial charge on any atom is 0.417 e. The Labute approximate surface area is 125 Å². The lowest BCUT2D eigenvalue weighted by Crippen LogP contribution is -2.14. The lowest BCUT2D eigenvalue weighted by Gasteiger charge is -2.19. The van der Waals surface area contributed by atoms with Gasteiger partial charge in [0.25, 0.3) is 0 Å². The summed E-state index contributed by atoms with van der Waals surface area (Å²) in [7, 11) is 1.70. The monoisotopic (exact) mass is 311 g/mol. The second-order valence-electron chi connectivity index (χ2n) is 4.38. The Balaban J connectivity index is 2.30. The molecule has 0 atom stereocenters. The lowest BCUT2D eigenvalue weighted by molar-refractivity contribution is -0.137. The van der Waals surface area contributed by atoms with E-state index >= 15 is 0 Å². The Bertz CT molecular complexity index is 653. The van der Waals surface area contributed by atoms with Gasteiger partial charge >= 0.3 is 6.18 Å². The van der Waals surface area contributed by atoms with E-state index in [0.29, 0.717) is 11.4 Å². The van der Waals surface area contributed by atoms with E-state index < -0.39 is 11.7 Å². The van der Waals surface area contributed by atoms with Crippen LogP contribution in [0.5, 0.6) is 0 Å². The van der Waals surface area contributed by atoms with Crippen LogP contribution in [0.1, 0.15) is 11.1 Å². The lowest BCUT2D eigenvalue weighted by atomic mass is 10.2. The van der Waals surface area contributed by atoms with Crippen molar-refractivity contribution in [1.82, 2.24) is 4.98 Å². The summed E-state index contributed by atoms with van der Waals surface area (Å²) in [5, 5.41) is 0. The number of anilines is 2. The van der Waals surface area contributed by atoms with Gasteiger partial charge in [0.1, 0.15) is 10.8 Å². The van der Waals surface area contributed by atoms with Crippen LogP contribution in [-0.4, -0.2) is 17.0 Å². The highest BCUT2D eigenvalue weighted by Gasteiger charge is 2.30. The maximum atomic E-state index is 12.5. The topological polar surface area (TPSA) is 42.1 Å². The molecule has 0 fully saturated rings. The zero-order valence-electron chi connectivity index (χ0n) is 11.1. The first-order valence-corrected chi connectivity index (χ1v) is 6.36. The molecule has 0 spiro atoms. The molecule has 0 amide bonds. The fourth-order valence-electron chi connectivity index (χ4n) is 1.75. The van der Waals surface area contributed by atoms with Crippen molar-refractivity contribution in [2.45, 2.75) is 6.18 Å². The molecule has 110 valence electrons. The highest BCUT2D eigenvalue weighted by atomic mass is 32.1. The van der Waals surface area contributed by atoms with Crippen LogP contribution >= 0.6 is 12.2 Å². The van der Waals surface area contributed by atoms with E-state index in [1.807, 2.05) is 0 Å². The molecular formula is C14H12F3N3S. The third-order valence-corrected chi connectivity index (χ3v) is 3.17. The Morgan fingerprint density at radius 3 is 2.48 bits per heavy atom. The molecule has 0 saturated heterocycles. The summed E-state index contributed by atoms with van der Waals surface area (Å²) in [6.45, 7) is 0. The molecule has 2 rings (SSSR count). The fraction of sp³-hybridized carbons (Fsp3) is 0.143. The van der Waals surface area contributed by atoms with Crippen LogP contribution in [0.25, 0.3) is 0 Å². The zero-order chi connectivity index (χ0) is 15.6. The Morgan fingerprint density at radius 1 is 1.24 bits per heavy atom. The highest BCUT2D eigenvalue weighted by Crippen LogP contribution is 2.30. The molecule has 0 bridgehead atoms. The van der Waals surface area contributed by atoms with Crippen LogP contribution in [-0.2, 0) is 6.18 Å². The first-order chi connectivity index (χ1) is 9.79. The van der Waals surface area contributed by atoms with E-state index in [4.69, 9.17) is 18.0 Å². The van der Waals surface area contributed by atoms with Gasteiger partial charge in [0.2, 0.25) is 0 Å². The number of pyridine rings is 1. The van der Waals surface area contributed by atoms with Crippen molar-refractivity contribution in [3.8, 4) is 0 Å². The SMILES string of the molecule is CN(c1cccc(C(N)=S)c1)c1ccc(C(F)(F)F)cn1.